The number of nitrogens with one attached hydrogen (secondary N) is 1. The van der Waals surface area contributed by atoms with Gasteiger partial charge in [0, 0.05) is 6.54 Å². The summed E-state index contributed by atoms with van der Waals surface area (Å²) in [6, 6.07) is 16.4. The zero-order valence-corrected chi connectivity index (χ0v) is 18.5. The highest BCUT2D eigenvalue weighted by Crippen LogP contribution is 2.35. The number of benzene rings is 2. The van der Waals surface area contributed by atoms with Crippen LogP contribution in [-0.4, -0.2) is 59.8 Å². The molecular formula is C24H26N6O4. The number of aliphatic hydroxyl groups excluding tert-OH is 3. The number of hydrogen-bond acceptors (Lipinski definition) is 9. The molecule has 4 atom stereocenters. The molecule has 4 aromatic rings. The molecule has 34 heavy (non-hydrogen) atoms. The van der Waals surface area contributed by atoms with Gasteiger partial charge in [0.25, 0.3) is 0 Å². The molecule has 5 rings (SSSR count). The first-order chi connectivity index (χ1) is 16.5. The van der Waals surface area contributed by atoms with Crippen molar-refractivity contribution in [3.63, 3.8) is 0 Å². The second kappa shape index (κ2) is 8.99. The van der Waals surface area contributed by atoms with Crippen molar-refractivity contribution in [3.05, 3.63) is 66.0 Å². The summed E-state index contributed by atoms with van der Waals surface area (Å²) >= 11 is 0. The molecule has 10 heteroatoms. The van der Waals surface area contributed by atoms with E-state index in [9.17, 15) is 15.3 Å². The number of hydrogen-bond donors (Lipinski definition) is 5. The number of fused-ring (bicyclic) bond motifs is 1. The number of rotatable bonds is 6. The van der Waals surface area contributed by atoms with Gasteiger partial charge < -0.3 is 31.1 Å². The molecule has 0 amide bonds. The first-order valence-corrected chi connectivity index (χ1v) is 11.0. The third kappa shape index (κ3) is 3.86. The fourth-order valence-electron chi connectivity index (χ4n) is 4.26. The SMILES string of the molecule is Cc1cc(-c2ccccc2)ccc1CNc1nc2c(N)ncnc2n1[C@@H]1O[C@H](CO)[C@@H](O)[C@H]1O. The fourth-order valence-corrected chi connectivity index (χ4v) is 4.26. The zero-order valence-electron chi connectivity index (χ0n) is 18.5. The van der Waals surface area contributed by atoms with Gasteiger partial charge in [0.2, 0.25) is 5.95 Å². The number of ether oxygens (including phenoxy) is 1. The molecule has 0 aliphatic carbocycles. The molecule has 0 radical (unpaired) electrons. The molecule has 176 valence electrons. The highest BCUT2D eigenvalue weighted by molar-refractivity contribution is 5.84. The number of imidazole rings is 1. The summed E-state index contributed by atoms with van der Waals surface area (Å²) in [5, 5.41) is 33.7. The van der Waals surface area contributed by atoms with Gasteiger partial charge in [-0.15, -0.1) is 0 Å². The molecule has 1 fully saturated rings. The molecule has 10 nitrogen and oxygen atoms in total. The van der Waals surface area contributed by atoms with Gasteiger partial charge in [0.05, 0.1) is 6.61 Å². The van der Waals surface area contributed by atoms with Crippen LogP contribution >= 0.6 is 0 Å². The Balaban J connectivity index is 1.47. The van der Waals surface area contributed by atoms with Crippen LogP contribution in [0, 0.1) is 6.92 Å². The maximum Gasteiger partial charge on any atom is 0.207 e. The van der Waals surface area contributed by atoms with Crippen LogP contribution in [0.1, 0.15) is 17.4 Å². The summed E-state index contributed by atoms with van der Waals surface area (Å²) in [7, 11) is 0. The lowest BCUT2D eigenvalue weighted by molar-refractivity contribution is -0.0501. The summed E-state index contributed by atoms with van der Waals surface area (Å²) in [6.45, 7) is 2.04. The van der Waals surface area contributed by atoms with Gasteiger partial charge in [0.15, 0.2) is 23.2 Å². The van der Waals surface area contributed by atoms with E-state index in [4.69, 9.17) is 10.5 Å². The van der Waals surface area contributed by atoms with Crippen LogP contribution < -0.4 is 11.1 Å². The third-order valence-electron chi connectivity index (χ3n) is 6.16. The lowest BCUT2D eigenvalue weighted by Crippen LogP contribution is -2.33. The fraction of sp³-hybridized carbons (Fsp3) is 0.292. The van der Waals surface area contributed by atoms with Crippen molar-refractivity contribution in [3.8, 4) is 11.1 Å². The van der Waals surface area contributed by atoms with Gasteiger partial charge in [-0.3, -0.25) is 4.57 Å². The highest BCUT2D eigenvalue weighted by Gasteiger charge is 2.45. The van der Waals surface area contributed by atoms with E-state index in [0.29, 0.717) is 23.7 Å². The molecule has 1 aliphatic rings. The van der Waals surface area contributed by atoms with Crippen molar-refractivity contribution in [2.45, 2.75) is 38.0 Å². The quantitative estimate of drug-likeness (QED) is 0.288. The summed E-state index contributed by atoms with van der Waals surface area (Å²) in [5.74, 6) is 0.533. The van der Waals surface area contributed by atoms with E-state index in [1.54, 1.807) is 4.57 Å². The Labute approximate surface area is 195 Å². The summed E-state index contributed by atoms with van der Waals surface area (Å²) in [6.07, 6.45) is -3.20. The van der Waals surface area contributed by atoms with Crippen LogP contribution in [0.15, 0.2) is 54.9 Å². The third-order valence-corrected chi connectivity index (χ3v) is 6.16. The number of nitrogens with zero attached hydrogens (tertiary/aromatic N) is 4. The Bertz CT molecular complexity index is 1310. The van der Waals surface area contributed by atoms with E-state index in [0.717, 1.165) is 22.3 Å². The van der Waals surface area contributed by atoms with Gasteiger partial charge in [-0.2, -0.15) is 0 Å². The second-order valence-electron chi connectivity index (χ2n) is 8.33. The maximum absolute atomic E-state index is 10.6. The number of nitrogens with two attached hydrogens (primary N) is 1. The van der Waals surface area contributed by atoms with Crippen molar-refractivity contribution in [2.24, 2.45) is 0 Å². The molecule has 1 saturated heterocycles. The first kappa shape index (κ1) is 22.2. The molecule has 1 aliphatic heterocycles. The average Bonchev–Trinajstić information content (AvgIpc) is 3.36. The zero-order chi connectivity index (χ0) is 23.8. The Kier molecular flexibility index (Phi) is 5.88. The minimum absolute atomic E-state index is 0.182. The lowest BCUT2D eigenvalue weighted by atomic mass is 10.00. The number of aryl methyl sites for hydroxylation is 1. The van der Waals surface area contributed by atoms with Crippen molar-refractivity contribution < 1.29 is 20.1 Å². The average molecular weight is 463 g/mol. The van der Waals surface area contributed by atoms with Crippen LogP contribution in [-0.2, 0) is 11.3 Å². The number of nitrogen functional groups attached to an aromatic ring is 1. The van der Waals surface area contributed by atoms with Crippen LogP contribution in [0.25, 0.3) is 22.3 Å². The van der Waals surface area contributed by atoms with E-state index in [1.165, 1.54) is 6.33 Å². The minimum Gasteiger partial charge on any atom is -0.394 e. The molecular weight excluding hydrogens is 436 g/mol. The summed E-state index contributed by atoms with van der Waals surface area (Å²) in [5.41, 5.74) is 11.1. The van der Waals surface area contributed by atoms with Crippen molar-refractivity contribution >= 4 is 22.9 Å². The Morgan fingerprint density at radius 1 is 1.06 bits per heavy atom. The van der Waals surface area contributed by atoms with Crippen LogP contribution in [0.4, 0.5) is 11.8 Å². The second-order valence-corrected chi connectivity index (χ2v) is 8.33. The maximum atomic E-state index is 10.6. The monoisotopic (exact) mass is 462 g/mol. The minimum atomic E-state index is -1.29. The first-order valence-electron chi connectivity index (χ1n) is 11.0. The molecule has 2 aromatic heterocycles. The van der Waals surface area contributed by atoms with Crippen LogP contribution in [0.5, 0.6) is 0 Å². The van der Waals surface area contributed by atoms with E-state index >= 15 is 0 Å². The smallest absolute Gasteiger partial charge is 0.207 e. The normalized spacial score (nSPS) is 22.4. The predicted octanol–water partition coefficient (Wildman–Crippen LogP) is 1.61. The molecule has 2 aromatic carbocycles. The molecule has 0 unspecified atom stereocenters. The standard InChI is InChI=1S/C24H26N6O4/c1-13-9-15(14-5-3-2-4-6-14)7-8-16(13)10-26-24-29-18-21(25)27-12-28-22(18)30(24)23-20(33)19(32)17(11-31)34-23/h2-9,12,17,19-20,23,31-33H,10-11H2,1H3,(H,26,29)(H2,25,27,28)/t17-,19-,20-,23-/m1/s1. The number of aromatic nitrogens is 4. The number of aliphatic hydroxyl groups is 3. The highest BCUT2D eigenvalue weighted by atomic mass is 16.6. The van der Waals surface area contributed by atoms with E-state index < -0.39 is 31.1 Å². The summed E-state index contributed by atoms with van der Waals surface area (Å²) in [4.78, 5) is 12.8. The van der Waals surface area contributed by atoms with E-state index in [2.05, 4.69) is 50.6 Å². The van der Waals surface area contributed by atoms with E-state index in [-0.39, 0.29) is 5.82 Å². The molecule has 0 bridgehead atoms. The molecule has 0 spiro atoms. The molecule has 3 heterocycles. The van der Waals surface area contributed by atoms with Crippen molar-refractivity contribution in [1.82, 2.24) is 19.5 Å². The van der Waals surface area contributed by atoms with Crippen molar-refractivity contribution in [1.29, 1.82) is 0 Å². The van der Waals surface area contributed by atoms with Gasteiger partial charge in [-0.25, -0.2) is 15.0 Å². The van der Waals surface area contributed by atoms with Gasteiger partial charge in [0.1, 0.15) is 24.6 Å². The topological polar surface area (TPSA) is 152 Å². The summed E-state index contributed by atoms with van der Waals surface area (Å²) < 4.78 is 7.29. The van der Waals surface area contributed by atoms with Gasteiger partial charge in [-0.05, 0) is 29.2 Å². The Morgan fingerprint density at radius 2 is 1.85 bits per heavy atom. The van der Waals surface area contributed by atoms with Gasteiger partial charge >= 0.3 is 0 Å². The van der Waals surface area contributed by atoms with Crippen molar-refractivity contribution in [2.75, 3.05) is 17.7 Å². The Hall–Kier alpha value is -3.57. The van der Waals surface area contributed by atoms with Gasteiger partial charge in [-0.1, -0.05) is 48.5 Å². The lowest BCUT2D eigenvalue weighted by Gasteiger charge is -2.20. The van der Waals surface area contributed by atoms with E-state index in [1.807, 2.05) is 25.1 Å². The largest absolute Gasteiger partial charge is 0.394 e. The predicted molar refractivity (Wildman–Crippen MR) is 127 cm³/mol. The van der Waals surface area contributed by atoms with Crippen LogP contribution in [0.3, 0.4) is 0 Å². The van der Waals surface area contributed by atoms with Crippen LogP contribution in [0.2, 0.25) is 0 Å². The Morgan fingerprint density at radius 3 is 2.56 bits per heavy atom. The number of anilines is 2. The molecule has 0 saturated carbocycles. The molecule has 6 N–H and O–H groups in total.